The van der Waals surface area contributed by atoms with Crippen LogP contribution in [0.1, 0.15) is 5.56 Å². The number of H-pyrrole nitrogens is 1. The van der Waals surface area contributed by atoms with Crippen molar-refractivity contribution in [2.75, 3.05) is 0 Å². The monoisotopic (exact) mass is 451 g/mol. The van der Waals surface area contributed by atoms with Crippen molar-refractivity contribution in [1.82, 2.24) is 29.4 Å². The number of aromatic amines is 1. The molecule has 1 aromatic carbocycles. The highest BCUT2D eigenvalue weighted by atomic mass is 32.2. The van der Waals surface area contributed by atoms with Gasteiger partial charge >= 0.3 is 5.69 Å². The predicted molar refractivity (Wildman–Crippen MR) is 99.5 cm³/mol. The third-order valence-corrected chi connectivity index (χ3v) is 5.00. The lowest BCUT2D eigenvalue weighted by atomic mass is 10.2. The molecule has 0 spiro atoms. The van der Waals surface area contributed by atoms with Gasteiger partial charge in [-0.25, -0.2) is 22.7 Å². The molecule has 0 amide bonds. The van der Waals surface area contributed by atoms with Crippen LogP contribution in [0.2, 0.25) is 0 Å². The fraction of sp³-hybridized carbons (Fsp3) is 0.0625. The molecule has 3 heterocycles. The summed E-state index contributed by atoms with van der Waals surface area (Å²) in [7, 11) is 0. The Bertz CT molecular complexity index is 1420. The molecule has 15 heteroatoms. The number of hydrogen-bond acceptors (Lipinski definition) is 8. The van der Waals surface area contributed by atoms with Crippen molar-refractivity contribution < 1.29 is 18.1 Å². The Labute approximate surface area is 172 Å². The number of nitro groups is 1. The lowest BCUT2D eigenvalue weighted by Crippen LogP contribution is -2.26. The van der Waals surface area contributed by atoms with Crippen molar-refractivity contribution in [3.05, 3.63) is 84.6 Å². The van der Waals surface area contributed by atoms with Gasteiger partial charge in [-0.05, 0) is 0 Å². The standard InChI is InChI=1S/C16H8F3N7O4S/c17-7-1-9(18)8(10(19)2-7)6-31-16-23-25-14(11(3-22-25)26(29)30)15(28)24(16)12-4-21-13(27)5-20-12/h1-5H,6H2,(H,21,27). The lowest BCUT2D eigenvalue weighted by molar-refractivity contribution is -0.383. The first-order chi connectivity index (χ1) is 14.8. The number of hydrogen-bond donors (Lipinski definition) is 1. The summed E-state index contributed by atoms with van der Waals surface area (Å²) in [6.45, 7) is 0. The second kappa shape index (κ2) is 7.67. The molecule has 0 saturated heterocycles. The molecule has 0 saturated carbocycles. The number of rotatable bonds is 5. The van der Waals surface area contributed by atoms with Crippen LogP contribution in [0, 0.1) is 27.6 Å². The summed E-state index contributed by atoms with van der Waals surface area (Å²) in [5.41, 5.74) is -3.12. The van der Waals surface area contributed by atoms with E-state index in [1.165, 1.54) is 0 Å². The van der Waals surface area contributed by atoms with Gasteiger partial charge in [-0.3, -0.25) is 19.7 Å². The number of aromatic nitrogens is 6. The summed E-state index contributed by atoms with van der Waals surface area (Å²) in [5, 5.41) is 18.7. The summed E-state index contributed by atoms with van der Waals surface area (Å²) >= 11 is 0.667. The average Bonchev–Trinajstić information content (AvgIpc) is 3.13. The van der Waals surface area contributed by atoms with E-state index in [1.807, 2.05) is 0 Å². The van der Waals surface area contributed by atoms with E-state index >= 15 is 0 Å². The zero-order valence-corrected chi connectivity index (χ0v) is 15.8. The van der Waals surface area contributed by atoms with E-state index in [1.54, 1.807) is 0 Å². The van der Waals surface area contributed by atoms with Crippen LogP contribution >= 0.6 is 11.8 Å². The average molecular weight is 451 g/mol. The van der Waals surface area contributed by atoms with E-state index in [0.717, 1.165) is 23.2 Å². The third-order valence-electron chi connectivity index (χ3n) is 4.04. The van der Waals surface area contributed by atoms with Gasteiger partial charge in [0.25, 0.3) is 11.1 Å². The molecule has 4 rings (SSSR count). The van der Waals surface area contributed by atoms with Crippen LogP contribution in [0.25, 0.3) is 11.3 Å². The fourth-order valence-corrected chi connectivity index (χ4v) is 3.64. The summed E-state index contributed by atoms with van der Waals surface area (Å²) in [6, 6.07) is 1.01. The second-order valence-corrected chi connectivity index (χ2v) is 6.90. The van der Waals surface area contributed by atoms with Crippen LogP contribution in [0.5, 0.6) is 0 Å². The van der Waals surface area contributed by atoms with Crippen LogP contribution in [0.15, 0.2) is 45.5 Å². The zero-order valence-electron chi connectivity index (χ0n) is 15.0. The highest BCUT2D eigenvalue weighted by Gasteiger charge is 2.25. The molecule has 0 unspecified atom stereocenters. The molecule has 3 aromatic heterocycles. The van der Waals surface area contributed by atoms with Crippen molar-refractivity contribution in [2.45, 2.75) is 10.9 Å². The number of nitrogens with zero attached hydrogens (tertiary/aromatic N) is 6. The maximum atomic E-state index is 14.0. The number of nitrogens with one attached hydrogen (secondary N) is 1. The number of fused-ring (bicyclic) bond motifs is 1. The number of thioether (sulfide) groups is 1. The first kappa shape index (κ1) is 20.3. The van der Waals surface area contributed by atoms with E-state index in [2.05, 4.69) is 20.2 Å². The first-order valence-electron chi connectivity index (χ1n) is 8.23. The highest BCUT2D eigenvalue weighted by molar-refractivity contribution is 7.98. The van der Waals surface area contributed by atoms with Crippen LogP contribution in [0.4, 0.5) is 18.9 Å². The Balaban J connectivity index is 1.89. The zero-order chi connectivity index (χ0) is 22.3. The minimum atomic E-state index is -1.14. The third kappa shape index (κ3) is 3.65. The minimum Gasteiger partial charge on any atom is -0.324 e. The quantitative estimate of drug-likeness (QED) is 0.274. The maximum absolute atomic E-state index is 14.0. The molecule has 4 aromatic rings. The smallest absolute Gasteiger partial charge is 0.322 e. The van der Waals surface area contributed by atoms with Gasteiger partial charge in [-0.2, -0.15) is 5.10 Å². The molecule has 0 bridgehead atoms. The highest BCUT2D eigenvalue weighted by Crippen LogP contribution is 2.26. The molecule has 0 aliphatic heterocycles. The number of benzene rings is 1. The summed E-state index contributed by atoms with van der Waals surface area (Å²) < 4.78 is 42.6. The van der Waals surface area contributed by atoms with Crippen LogP contribution < -0.4 is 11.1 Å². The van der Waals surface area contributed by atoms with E-state index in [0.29, 0.717) is 28.5 Å². The lowest BCUT2D eigenvalue weighted by Gasteiger charge is -2.11. The molecule has 0 aliphatic rings. The summed E-state index contributed by atoms with van der Waals surface area (Å²) in [6.07, 6.45) is 2.75. The van der Waals surface area contributed by atoms with Crippen molar-refractivity contribution in [3.8, 4) is 5.82 Å². The summed E-state index contributed by atoms with van der Waals surface area (Å²) in [5.74, 6) is -3.95. The van der Waals surface area contributed by atoms with Crippen molar-refractivity contribution in [1.29, 1.82) is 0 Å². The molecule has 0 radical (unpaired) electrons. The Morgan fingerprint density at radius 2 is 1.87 bits per heavy atom. The molecule has 158 valence electrons. The van der Waals surface area contributed by atoms with Gasteiger partial charge in [0.1, 0.15) is 23.6 Å². The molecule has 1 N–H and O–H groups in total. The fourth-order valence-electron chi connectivity index (χ4n) is 2.65. The van der Waals surface area contributed by atoms with Gasteiger partial charge in [0.2, 0.25) is 5.52 Å². The Hall–Kier alpha value is -4.01. The normalized spacial score (nSPS) is 11.2. The van der Waals surface area contributed by atoms with Gasteiger partial charge in [0, 0.05) is 29.6 Å². The van der Waals surface area contributed by atoms with Crippen LogP contribution in [-0.2, 0) is 5.75 Å². The van der Waals surface area contributed by atoms with Crippen molar-refractivity contribution in [2.24, 2.45) is 0 Å². The Kier molecular flexibility index (Phi) is 5.02. The largest absolute Gasteiger partial charge is 0.324 e. The van der Waals surface area contributed by atoms with Crippen LogP contribution in [-0.4, -0.2) is 34.3 Å². The van der Waals surface area contributed by atoms with Crippen molar-refractivity contribution in [3.63, 3.8) is 0 Å². The van der Waals surface area contributed by atoms with Gasteiger partial charge in [0.05, 0.1) is 11.1 Å². The molecular weight excluding hydrogens is 443 g/mol. The first-order valence-corrected chi connectivity index (χ1v) is 9.21. The van der Waals surface area contributed by atoms with Gasteiger partial charge in [-0.15, -0.1) is 9.73 Å². The Morgan fingerprint density at radius 1 is 1.16 bits per heavy atom. The van der Waals surface area contributed by atoms with Gasteiger partial charge < -0.3 is 4.98 Å². The number of halogens is 3. The topological polar surface area (TPSA) is 141 Å². The molecule has 0 atom stereocenters. The molecular formula is C16H8F3N7O4S. The van der Waals surface area contributed by atoms with E-state index in [9.17, 15) is 32.9 Å². The second-order valence-electron chi connectivity index (χ2n) is 5.95. The Morgan fingerprint density at radius 3 is 2.48 bits per heavy atom. The minimum absolute atomic E-state index is 0.155. The van der Waals surface area contributed by atoms with Gasteiger partial charge in [0.15, 0.2) is 11.0 Å². The molecule has 11 nitrogen and oxygen atoms in total. The van der Waals surface area contributed by atoms with E-state index in [-0.39, 0.29) is 11.0 Å². The van der Waals surface area contributed by atoms with Crippen molar-refractivity contribution >= 4 is 23.0 Å². The summed E-state index contributed by atoms with van der Waals surface area (Å²) in [4.78, 5) is 40.8. The van der Waals surface area contributed by atoms with E-state index in [4.69, 9.17) is 0 Å². The van der Waals surface area contributed by atoms with E-state index < -0.39 is 56.0 Å². The molecule has 0 aliphatic carbocycles. The van der Waals surface area contributed by atoms with Gasteiger partial charge in [-0.1, -0.05) is 11.8 Å². The predicted octanol–water partition coefficient (Wildman–Crippen LogP) is 1.58. The SMILES string of the molecule is O=c1cnc(-n2c(SCc3c(F)cc(F)cc3F)nn3ncc([N+](=O)[O-])c3c2=O)c[nH]1. The molecule has 31 heavy (non-hydrogen) atoms. The van der Waals surface area contributed by atoms with Crippen LogP contribution in [0.3, 0.4) is 0 Å². The molecule has 0 fully saturated rings. The maximum Gasteiger partial charge on any atom is 0.322 e.